The Morgan fingerprint density at radius 3 is 1.20 bits per heavy atom. The van der Waals surface area contributed by atoms with Crippen LogP contribution in [0.4, 0.5) is 45.5 Å². The van der Waals surface area contributed by atoms with Gasteiger partial charge in [-0.15, -0.1) is 0 Å². The molecule has 5 heterocycles. The van der Waals surface area contributed by atoms with Crippen molar-refractivity contribution >= 4 is 81.1 Å². The van der Waals surface area contributed by atoms with E-state index in [2.05, 4.69) is 192 Å². The van der Waals surface area contributed by atoms with E-state index in [0.29, 0.717) is 12.8 Å². The van der Waals surface area contributed by atoms with Crippen LogP contribution in [0.3, 0.4) is 0 Å². The van der Waals surface area contributed by atoms with Crippen LogP contribution in [0.5, 0.6) is 0 Å². The molecule has 6 aromatic carbocycles. The Hall–Kier alpha value is -9.06. The first-order chi connectivity index (χ1) is 47.5. The maximum Gasteiger partial charge on any atom is 0.314 e. The van der Waals surface area contributed by atoms with Gasteiger partial charge < -0.3 is 41.3 Å². The first kappa shape index (κ1) is 83.6. The summed E-state index contributed by atoms with van der Waals surface area (Å²) in [4.78, 5) is 84.8. The van der Waals surface area contributed by atoms with E-state index >= 15 is 0 Å². The number of para-hydroxylation sites is 4. The molecule has 556 valence electrons. The van der Waals surface area contributed by atoms with Gasteiger partial charge in [0.05, 0.1) is 29.9 Å². The Bertz CT molecular complexity index is 3780. The molecule has 0 spiro atoms. The maximum atomic E-state index is 11.8. The molecule has 6 N–H and O–H groups in total. The lowest BCUT2D eigenvalue weighted by molar-refractivity contribution is -0.384. The summed E-state index contributed by atoms with van der Waals surface area (Å²) in [6.07, 6.45) is 8.68. The number of carbonyl (C=O) groups excluding carboxylic acids is 5. The molecule has 102 heavy (non-hydrogen) atoms. The number of cyclic esters (lactones) is 2. The van der Waals surface area contributed by atoms with E-state index < -0.39 is 17.9 Å². The van der Waals surface area contributed by atoms with Gasteiger partial charge in [0, 0.05) is 106 Å². The highest BCUT2D eigenvalue weighted by Crippen LogP contribution is 2.40. The zero-order chi connectivity index (χ0) is 76.1. The number of nitrogens with zero attached hydrogens (tertiary/aromatic N) is 5. The highest BCUT2D eigenvalue weighted by atomic mass is 16.6. The average molecular weight is 1400 g/mol. The number of anilines is 7. The fourth-order valence-corrected chi connectivity index (χ4v) is 12.7. The third kappa shape index (κ3) is 25.8. The van der Waals surface area contributed by atoms with Crippen molar-refractivity contribution in [3.8, 4) is 0 Å². The second-order valence-electron chi connectivity index (χ2n) is 32.9. The number of carboxylic acids is 1. The maximum absolute atomic E-state index is 11.8. The van der Waals surface area contributed by atoms with Crippen molar-refractivity contribution in [2.75, 3.05) is 75.7 Å². The minimum Gasteiger partial charge on any atom is -0.481 e. The molecule has 3 amide bonds. The monoisotopic (exact) mass is 1400 g/mol. The molecular weight excluding hydrogens is 1280 g/mol. The summed E-state index contributed by atoms with van der Waals surface area (Å²) >= 11 is 0. The standard InChI is InChI=1S/C14H20N2O2.C14H22N2.C14H19NO3.C14H17NO2.C14H21N.C10H15N.C4H4O3.H2/c1-14(2,3)12-7-6-11(16(17)18)10-13(12)15-8-4-5-9-15;1-14(2,3)12-7-6-11(15)10-13(12)16-8-4-5-9-16;1-14(2,3)10-6-4-5-7-11(10)15-12(16)8-9-13(17)18;1-14(2,3)10-6-4-5-7-11(10)15-12(16)8-9-13(15)17;1-14(2,3)12-8-4-5-9-13(12)15-10-6-7-11-15;1-10(2,3)8-6-4-5-7-9(8)11;5-3-1-2-4(6)7-3;/h6-7,10H,4-5,8-9H2,1-3H3;6-7,10H,4-5,8-9,15H2,1-3H3;4-7H,8-9H2,1-3H3,(H,15,16)(H,17,18);4-7H,8-9H2,1-3H3;4-5,8-9H,6-7,10-11H2,1-3H3;4-7H,11H2,1-3H3;1-2H2;1H. The van der Waals surface area contributed by atoms with Gasteiger partial charge in [-0.05, 0) is 147 Å². The van der Waals surface area contributed by atoms with Gasteiger partial charge in [0.2, 0.25) is 17.7 Å². The fourth-order valence-electron chi connectivity index (χ4n) is 12.7. The number of nitro benzene ring substituents is 1. The Morgan fingerprint density at radius 1 is 0.451 bits per heavy atom. The summed E-state index contributed by atoms with van der Waals surface area (Å²) in [5, 5.41) is 22.2. The number of carboxylic acid groups (broad SMARTS) is 1. The molecule has 5 fully saturated rings. The Labute approximate surface area is 610 Å². The van der Waals surface area contributed by atoms with Crippen LogP contribution in [0.25, 0.3) is 0 Å². The second kappa shape index (κ2) is 36.7. The summed E-state index contributed by atoms with van der Waals surface area (Å²) in [5.74, 6) is -2.21. The van der Waals surface area contributed by atoms with Crippen molar-refractivity contribution in [1.82, 2.24) is 0 Å². The lowest BCUT2D eigenvalue weighted by Gasteiger charge is -2.28. The molecule has 0 atom stereocenters. The molecule has 0 aromatic heterocycles. The van der Waals surface area contributed by atoms with Crippen LogP contribution in [0.1, 0.15) is 236 Å². The highest BCUT2D eigenvalue weighted by Gasteiger charge is 2.34. The van der Waals surface area contributed by atoms with E-state index in [4.69, 9.17) is 16.6 Å². The lowest BCUT2D eigenvalue weighted by Crippen LogP contribution is -2.31. The Balaban J connectivity index is 0.000000257. The number of ether oxygens (including phenoxy) is 1. The van der Waals surface area contributed by atoms with Gasteiger partial charge in [0.25, 0.3) is 5.69 Å². The number of non-ortho nitro benzene ring substituents is 1. The fraction of sp³-hybridized carbons (Fsp3) is 0.500. The van der Waals surface area contributed by atoms with Crippen molar-refractivity contribution in [2.24, 2.45) is 0 Å². The van der Waals surface area contributed by atoms with E-state index in [1.54, 1.807) is 12.1 Å². The molecule has 11 rings (SSSR count). The van der Waals surface area contributed by atoms with Gasteiger partial charge >= 0.3 is 17.9 Å². The third-order valence-electron chi connectivity index (χ3n) is 18.0. The number of carbonyl (C=O) groups is 6. The minimum absolute atomic E-state index is 0. The normalized spacial score (nSPS) is 15.4. The molecule has 18 nitrogen and oxygen atoms in total. The molecule has 0 bridgehead atoms. The number of nitrogens with one attached hydrogen (secondary N) is 1. The largest absolute Gasteiger partial charge is 0.481 e. The number of nitrogens with two attached hydrogens (primary N) is 2. The van der Waals surface area contributed by atoms with E-state index in [1.807, 2.05) is 78.9 Å². The van der Waals surface area contributed by atoms with E-state index in [0.717, 1.165) is 52.7 Å². The van der Waals surface area contributed by atoms with Crippen molar-refractivity contribution in [3.63, 3.8) is 0 Å². The minimum atomic E-state index is -0.964. The van der Waals surface area contributed by atoms with Gasteiger partial charge in [0.15, 0.2) is 0 Å². The third-order valence-corrected chi connectivity index (χ3v) is 18.0. The first-order valence-electron chi connectivity index (χ1n) is 36.2. The van der Waals surface area contributed by atoms with Gasteiger partial charge in [-0.1, -0.05) is 203 Å². The molecule has 5 saturated heterocycles. The molecular formula is C84H120N8O10. The molecule has 0 aliphatic carbocycles. The number of benzene rings is 6. The number of amides is 3. The number of nitro groups is 1. The van der Waals surface area contributed by atoms with E-state index in [9.17, 15) is 38.9 Å². The van der Waals surface area contributed by atoms with Crippen LogP contribution in [0, 0.1) is 10.1 Å². The summed E-state index contributed by atoms with van der Waals surface area (Å²) < 4.78 is 4.08. The van der Waals surface area contributed by atoms with E-state index in [-0.39, 0.29) is 87.9 Å². The van der Waals surface area contributed by atoms with Gasteiger partial charge in [-0.2, -0.15) is 0 Å². The highest BCUT2D eigenvalue weighted by molar-refractivity contribution is 6.20. The number of hydrogen-bond acceptors (Lipinski definition) is 14. The van der Waals surface area contributed by atoms with Crippen LogP contribution < -0.4 is 36.4 Å². The average Bonchev–Trinajstić information content (AvgIpc) is 1.79. The second-order valence-corrected chi connectivity index (χ2v) is 32.9. The van der Waals surface area contributed by atoms with Gasteiger partial charge in [0.1, 0.15) is 0 Å². The first-order valence-corrected chi connectivity index (χ1v) is 36.2. The number of hydrogen-bond donors (Lipinski definition) is 4. The summed E-state index contributed by atoms with van der Waals surface area (Å²) in [6.45, 7) is 45.9. The summed E-state index contributed by atoms with van der Waals surface area (Å²) in [7, 11) is 0. The molecule has 0 saturated carbocycles. The molecule has 0 unspecified atom stereocenters. The van der Waals surface area contributed by atoms with E-state index in [1.165, 1.54) is 103 Å². The van der Waals surface area contributed by atoms with Gasteiger partial charge in [-0.25, -0.2) is 0 Å². The smallest absolute Gasteiger partial charge is 0.314 e. The Morgan fingerprint density at radius 2 is 0.804 bits per heavy atom. The number of aliphatic carboxylic acids is 1. The topological polar surface area (TPSA) is 252 Å². The molecule has 0 radical (unpaired) electrons. The number of esters is 2. The number of imide groups is 1. The summed E-state index contributed by atoms with van der Waals surface area (Å²) in [6, 6.07) is 43.6. The van der Waals surface area contributed by atoms with Crippen LogP contribution in [0.15, 0.2) is 133 Å². The SMILES string of the molecule is CC(C)(C)c1ccc(N)cc1N1CCCC1.CC(C)(C)c1ccc([N+](=O)[O-])cc1N1CCCC1.CC(C)(C)c1ccccc1N.CC(C)(C)c1ccccc1N1C(=O)CCC1=O.CC(C)(C)c1ccccc1N1CCCC1.CC(C)(C)c1ccccc1NC(=O)CCC(=O)O.O=C1CCC(=O)O1.[HH]. The predicted molar refractivity (Wildman–Crippen MR) is 420 cm³/mol. The predicted octanol–water partition coefficient (Wildman–Crippen LogP) is 18.3. The zero-order valence-electron chi connectivity index (χ0n) is 64.4. The van der Waals surface area contributed by atoms with Crippen LogP contribution in [0.2, 0.25) is 0 Å². The number of rotatable bonds is 9. The van der Waals surface area contributed by atoms with Crippen molar-refractivity contribution in [2.45, 2.75) is 234 Å². The number of nitrogen functional groups attached to an aromatic ring is 2. The van der Waals surface area contributed by atoms with Crippen molar-refractivity contribution in [3.05, 3.63) is 177 Å². The summed E-state index contributed by atoms with van der Waals surface area (Å²) in [5.41, 5.74) is 26.8. The zero-order valence-corrected chi connectivity index (χ0v) is 64.4. The molecule has 5 aliphatic heterocycles. The van der Waals surface area contributed by atoms with Crippen LogP contribution in [-0.4, -0.2) is 84.9 Å². The molecule has 5 aliphatic rings. The van der Waals surface area contributed by atoms with Gasteiger partial charge in [-0.3, -0.25) is 43.8 Å². The van der Waals surface area contributed by atoms with Crippen molar-refractivity contribution < 1.29 is 45.0 Å². The molecule has 18 heteroatoms. The van der Waals surface area contributed by atoms with Crippen molar-refractivity contribution in [1.29, 1.82) is 0 Å². The van der Waals surface area contributed by atoms with Crippen LogP contribution >= 0.6 is 0 Å². The quantitative estimate of drug-likeness (QED) is 0.0262. The lowest BCUT2D eigenvalue weighted by atomic mass is 9.85. The Kier molecular flexibility index (Phi) is 30.1. The van der Waals surface area contributed by atoms with Crippen LogP contribution in [-0.2, 0) is 66.0 Å². The molecule has 6 aromatic rings.